The number of carbonyl (C=O) groups is 1. The number of carbonyl (C=O) groups excluding carboxylic acids is 1. The minimum atomic E-state index is -0.0484. The van der Waals surface area contributed by atoms with E-state index >= 15 is 0 Å². The first-order valence-corrected chi connectivity index (χ1v) is 9.05. The molecule has 0 spiro atoms. The summed E-state index contributed by atoms with van der Waals surface area (Å²) in [5, 5.41) is 10.3. The van der Waals surface area contributed by atoms with Crippen molar-refractivity contribution in [2.75, 3.05) is 13.2 Å². The standard InChI is InChI=1S/C18H35O3/c1-2-21-18(20)16-14-12-10-8-6-4-3-5-7-9-11-13-15-17-19/h2-17H2,1H3. The van der Waals surface area contributed by atoms with E-state index in [0.717, 1.165) is 25.7 Å². The Hall–Kier alpha value is -0.570. The van der Waals surface area contributed by atoms with Gasteiger partial charge in [-0.25, -0.2) is 5.11 Å². The summed E-state index contributed by atoms with van der Waals surface area (Å²) in [6, 6.07) is 0. The maximum atomic E-state index is 11.1. The minimum absolute atomic E-state index is 0.0484. The molecule has 21 heavy (non-hydrogen) atoms. The molecule has 0 heterocycles. The Morgan fingerprint density at radius 3 is 1.43 bits per heavy atom. The average Bonchev–Trinajstić information content (AvgIpc) is 2.48. The lowest BCUT2D eigenvalue weighted by atomic mass is 10.0. The number of hydrogen-bond acceptors (Lipinski definition) is 2. The molecule has 0 aliphatic carbocycles. The molecule has 0 atom stereocenters. The van der Waals surface area contributed by atoms with Crippen molar-refractivity contribution in [1.29, 1.82) is 0 Å². The van der Waals surface area contributed by atoms with Crippen LogP contribution in [0.3, 0.4) is 0 Å². The number of unbranched alkanes of at least 4 members (excludes halogenated alkanes) is 12. The zero-order valence-corrected chi connectivity index (χ0v) is 14.0. The highest BCUT2D eigenvalue weighted by molar-refractivity contribution is 5.69. The van der Waals surface area contributed by atoms with E-state index in [2.05, 4.69) is 0 Å². The second-order valence-electron chi connectivity index (χ2n) is 5.86. The van der Waals surface area contributed by atoms with E-state index in [-0.39, 0.29) is 12.6 Å². The normalized spacial score (nSPS) is 10.8. The summed E-state index contributed by atoms with van der Waals surface area (Å²) in [5.74, 6) is -0.0484. The molecule has 0 aromatic heterocycles. The smallest absolute Gasteiger partial charge is 0.305 e. The maximum Gasteiger partial charge on any atom is 0.305 e. The molecule has 3 nitrogen and oxygen atoms in total. The van der Waals surface area contributed by atoms with Gasteiger partial charge in [-0.15, -0.1) is 0 Å². The molecule has 0 saturated heterocycles. The molecular weight excluding hydrogens is 264 g/mol. The van der Waals surface area contributed by atoms with Gasteiger partial charge in [-0.2, -0.15) is 0 Å². The molecule has 0 aromatic rings. The number of ether oxygens (including phenoxy) is 1. The Morgan fingerprint density at radius 1 is 0.667 bits per heavy atom. The van der Waals surface area contributed by atoms with Crippen LogP contribution in [-0.2, 0) is 14.6 Å². The van der Waals surface area contributed by atoms with Crippen molar-refractivity contribution in [2.45, 2.75) is 96.8 Å². The lowest BCUT2D eigenvalue weighted by molar-refractivity contribution is -0.143. The zero-order chi connectivity index (χ0) is 15.6. The minimum Gasteiger partial charge on any atom is -0.466 e. The van der Waals surface area contributed by atoms with E-state index < -0.39 is 0 Å². The second-order valence-corrected chi connectivity index (χ2v) is 5.86. The summed E-state index contributed by atoms with van der Waals surface area (Å²) in [6.45, 7) is 2.45. The van der Waals surface area contributed by atoms with Crippen molar-refractivity contribution in [3.8, 4) is 0 Å². The molecule has 0 saturated carbocycles. The van der Waals surface area contributed by atoms with Gasteiger partial charge in [0.25, 0.3) is 0 Å². The van der Waals surface area contributed by atoms with Crippen LogP contribution in [0.1, 0.15) is 96.8 Å². The van der Waals surface area contributed by atoms with E-state index in [1.165, 1.54) is 57.8 Å². The Labute approximate surface area is 131 Å². The summed E-state index contributed by atoms with van der Waals surface area (Å²) in [4.78, 5) is 11.1. The SMILES string of the molecule is CCOC(=O)CCCCCCCCCCCCCCC[O]. The van der Waals surface area contributed by atoms with Crippen molar-refractivity contribution >= 4 is 5.97 Å². The predicted octanol–water partition coefficient (Wildman–Crippen LogP) is 5.44. The summed E-state index contributed by atoms with van der Waals surface area (Å²) in [7, 11) is 0. The molecule has 0 fully saturated rings. The molecule has 0 N–H and O–H groups in total. The second kappa shape index (κ2) is 17.5. The highest BCUT2D eigenvalue weighted by atomic mass is 16.5. The largest absolute Gasteiger partial charge is 0.466 e. The molecule has 1 radical (unpaired) electrons. The van der Waals surface area contributed by atoms with Gasteiger partial charge in [-0.05, 0) is 19.8 Å². The van der Waals surface area contributed by atoms with E-state index in [4.69, 9.17) is 4.74 Å². The van der Waals surface area contributed by atoms with Gasteiger partial charge in [-0.1, -0.05) is 70.6 Å². The summed E-state index contributed by atoms with van der Waals surface area (Å²) >= 11 is 0. The topological polar surface area (TPSA) is 46.2 Å². The van der Waals surface area contributed by atoms with Gasteiger partial charge in [0.1, 0.15) is 0 Å². The van der Waals surface area contributed by atoms with Crippen molar-refractivity contribution in [3.05, 3.63) is 0 Å². The van der Waals surface area contributed by atoms with Crippen LogP contribution in [0, 0.1) is 0 Å². The quantitative estimate of drug-likeness (QED) is 0.281. The third kappa shape index (κ3) is 17.4. The highest BCUT2D eigenvalue weighted by Crippen LogP contribution is 2.13. The molecule has 125 valence electrons. The monoisotopic (exact) mass is 299 g/mol. The molecular formula is C18H35O3. The van der Waals surface area contributed by atoms with E-state index in [0.29, 0.717) is 13.0 Å². The molecule has 0 aromatic carbocycles. The van der Waals surface area contributed by atoms with Crippen LogP contribution >= 0.6 is 0 Å². The average molecular weight is 299 g/mol. The molecule has 0 aliphatic rings. The van der Waals surface area contributed by atoms with Crippen LogP contribution in [0.15, 0.2) is 0 Å². The highest BCUT2D eigenvalue weighted by Gasteiger charge is 2.00. The molecule has 0 amide bonds. The van der Waals surface area contributed by atoms with Crippen molar-refractivity contribution in [2.24, 2.45) is 0 Å². The number of hydrogen-bond donors (Lipinski definition) is 0. The van der Waals surface area contributed by atoms with Gasteiger partial charge >= 0.3 is 5.97 Å². The number of esters is 1. The lowest BCUT2D eigenvalue weighted by Crippen LogP contribution is -2.03. The van der Waals surface area contributed by atoms with Crippen LogP contribution in [0.2, 0.25) is 0 Å². The fourth-order valence-electron chi connectivity index (χ4n) is 2.55. The first-order chi connectivity index (χ1) is 10.3. The summed E-state index contributed by atoms with van der Waals surface area (Å²) < 4.78 is 4.90. The number of rotatable bonds is 16. The first kappa shape index (κ1) is 20.4. The Morgan fingerprint density at radius 2 is 1.05 bits per heavy atom. The van der Waals surface area contributed by atoms with Gasteiger partial charge in [0.05, 0.1) is 13.2 Å². The van der Waals surface area contributed by atoms with Gasteiger partial charge < -0.3 is 4.74 Å². The maximum absolute atomic E-state index is 11.1. The van der Waals surface area contributed by atoms with Crippen molar-refractivity contribution < 1.29 is 14.6 Å². The molecule has 0 aliphatic heterocycles. The Balaban J connectivity index is 3.01. The van der Waals surface area contributed by atoms with Gasteiger partial charge in [-0.3, -0.25) is 4.79 Å². The van der Waals surface area contributed by atoms with Gasteiger partial charge in [0, 0.05) is 6.42 Å². The third-order valence-corrected chi connectivity index (χ3v) is 3.83. The molecule has 3 heteroatoms. The Kier molecular flexibility index (Phi) is 17.0. The molecule has 0 unspecified atom stereocenters. The van der Waals surface area contributed by atoms with Crippen LogP contribution in [0.4, 0.5) is 0 Å². The fraction of sp³-hybridized carbons (Fsp3) is 0.944. The van der Waals surface area contributed by atoms with Crippen LogP contribution in [0.25, 0.3) is 0 Å². The predicted molar refractivity (Wildman–Crippen MR) is 86.8 cm³/mol. The fourth-order valence-corrected chi connectivity index (χ4v) is 2.55. The van der Waals surface area contributed by atoms with Crippen LogP contribution in [0.5, 0.6) is 0 Å². The van der Waals surface area contributed by atoms with Gasteiger partial charge in [0.15, 0.2) is 0 Å². The van der Waals surface area contributed by atoms with Crippen molar-refractivity contribution in [3.63, 3.8) is 0 Å². The molecule has 0 bridgehead atoms. The Bertz CT molecular complexity index is 217. The first-order valence-electron chi connectivity index (χ1n) is 9.05. The summed E-state index contributed by atoms with van der Waals surface area (Å²) in [6.07, 6.45) is 16.5. The van der Waals surface area contributed by atoms with E-state index in [1.807, 2.05) is 6.92 Å². The zero-order valence-electron chi connectivity index (χ0n) is 14.0. The van der Waals surface area contributed by atoms with Crippen LogP contribution in [-0.4, -0.2) is 19.2 Å². The van der Waals surface area contributed by atoms with Gasteiger partial charge in [0.2, 0.25) is 0 Å². The van der Waals surface area contributed by atoms with Crippen LogP contribution < -0.4 is 0 Å². The lowest BCUT2D eigenvalue weighted by Gasteiger charge is -2.03. The summed E-state index contributed by atoms with van der Waals surface area (Å²) in [5.41, 5.74) is 0. The van der Waals surface area contributed by atoms with E-state index in [1.54, 1.807) is 0 Å². The van der Waals surface area contributed by atoms with Crippen molar-refractivity contribution in [1.82, 2.24) is 0 Å². The molecule has 0 rings (SSSR count). The van der Waals surface area contributed by atoms with E-state index in [9.17, 15) is 9.90 Å². The third-order valence-electron chi connectivity index (χ3n) is 3.83.